The van der Waals surface area contributed by atoms with E-state index in [1.54, 1.807) is 0 Å². The molecule has 0 atom stereocenters. The average molecular weight is 338 g/mol. The Kier molecular flexibility index (Phi) is 2.78. The van der Waals surface area contributed by atoms with Gasteiger partial charge in [0.25, 0.3) is 0 Å². The molecule has 0 bridgehead atoms. The van der Waals surface area contributed by atoms with Crippen LogP contribution in [0.3, 0.4) is 0 Å². The minimum Gasteiger partial charge on any atom is -0.421 e. The molecule has 0 fully saturated rings. The van der Waals surface area contributed by atoms with Crippen molar-refractivity contribution in [2.45, 2.75) is 19.3 Å². The van der Waals surface area contributed by atoms with Crippen LogP contribution in [0.25, 0.3) is 11.3 Å². The predicted molar refractivity (Wildman–Crippen MR) is 75.2 cm³/mol. The lowest BCUT2D eigenvalue weighted by molar-refractivity contribution is 0.514. The van der Waals surface area contributed by atoms with E-state index in [-0.39, 0.29) is 5.63 Å². The van der Waals surface area contributed by atoms with Gasteiger partial charge in [0.1, 0.15) is 0 Å². The van der Waals surface area contributed by atoms with Crippen LogP contribution in [0, 0.1) is 3.57 Å². The summed E-state index contributed by atoms with van der Waals surface area (Å²) in [6, 6.07) is 9.82. The molecule has 1 heterocycles. The largest absolute Gasteiger partial charge is 0.421 e. The van der Waals surface area contributed by atoms with Crippen LogP contribution in [0.4, 0.5) is 0 Å². The van der Waals surface area contributed by atoms with Gasteiger partial charge in [-0.2, -0.15) is 0 Å². The van der Waals surface area contributed by atoms with E-state index >= 15 is 0 Å². The van der Waals surface area contributed by atoms with Crippen molar-refractivity contribution in [3.05, 3.63) is 55.4 Å². The Morgan fingerprint density at radius 1 is 1.06 bits per heavy atom. The number of halogens is 1. The molecule has 0 amide bonds. The third-order valence-corrected chi connectivity index (χ3v) is 4.30. The van der Waals surface area contributed by atoms with Crippen LogP contribution in [0.15, 0.2) is 39.5 Å². The molecule has 0 N–H and O–H groups in total. The van der Waals surface area contributed by atoms with E-state index in [2.05, 4.69) is 22.6 Å². The second kappa shape index (κ2) is 4.29. The molecule has 0 radical (unpaired) electrons. The van der Waals surface area contributed by atoms with Gasteiger partial charge in [0.15, 0.2) is 5.76 Å². The summed E-state index contributed by atoms with van der Waals surface area (Å²) in [6.45, 7) is 0. The number of fused-ring (bicyclic) bond motifs is 1. The van der Waals surface area contributed by atoms with Gasteiger partial charge in [0, 0.05) is 11.1 Å². The monoisotopic (exact) mass is 338 g/mol. The zero-order chi connectivity index (χ0) is 11.8. The van der Waals surface area contributed by atoms with Gasteiger partial charge in [0.2, 0.25) is 0 Å². The van der Waals surface area contributed by atoms with Gasteiger partial charge in [-0.25, -0.2) is 4.79 Å². The van der Waals surface area contributed by atoms with Crippen molar-refractivity contribution in [3.63, 3.8) is 0 Å². The topological polar surface area (TPSA) is 30.2 Å². The summed E-state index contributed by atoms with van der Waals surface area (Å²) < 4.78 is 6.57. The Morgan fingerprint density at radius 3 is 2.53 bits per heavy atom. The molecule has 0 saturated heterocycles. The second-order valence-electron chi connectivity index (χ2n) is 4.21. The van der Waals surface area contributed by atoms with E-state index in [1.807, 2.05) is 30.3 Å². The molecule has 17 heavy (non-hydrogen) atoms. The molecule has 0 unspecified atom stereocenters. The molecule has 0 spiro atoms. The molecule has 0 saturated carbocycles. The van der Waals surface area contributed by atoms with Gasteiger partial charge < -0.3 is 4.42 Å². The molecule has 1 aliphatic carbocycles. The van der Waals surface area contributed by atoms with Crippen molar-refractivity contribution in [3.8, 4) is 11.3 Å². The van der Waals surface area contributed by atoms with Crippen LogP contribution in [-0.2, 0) is 12.8 Å². The maximum Gasteiger partial charge on any atom is 0.339 e. The summed E-state index contributed by atoms with van der Waals surface area (Å²) >= 11 is 2.29. The summed E-state index contributed by atoms with van der Waals surface area (Å²) in [5.41, 5.74) is 2.90. The Bertz CT molecular complexity index is 614. The standard InChI is InChI=1S/C14H11IO2/c15-12-10-7-4-8-11(10)14(16)17-13(12)9-5-2-1-3-6-9/h1-3,5-6H,4,7-8H2. The summed E-state index contributed by atoms with van der Waals surface area (Å²) in [7, 11) is 0. The number of benzene rings is 1. The van der Waals surface area contributed by atoms with Crippen LogP contribution < -0.4 is 5.63 Å². The summed E-state index contributed by atoms with van der Waals surface area (Å²) in [5.74, 6) is 0.719. The maximum atomic E-state index is 11.9. The number of rotatable bonds is 1. The summed E-state index contributed by atoms with van der Waals surface area (Å²) in [5, 5.41) is 0. The summed E-state index contributed by atoms with van der Waals surface area (Å²) in [4.78, 5) is 11.9. The van der Waals surface area contributed by atoms with E-state index in [4.69, 9.17) is 4.42 Å². The SMILES string of the molecule is O=c1oc(-c2ccccc2)c(I)c2c1CCC2. The van der Waals surface area contributed by atoms with E-state index in [9.17, 15) is 4.79 Å². The first-order valence-electron chi connectivity index (χ1n) is 5.67. The third-order valence-electron chi connectivity index (χ3n) is 3.16. The minimum atomic E-state index is -0.156. The Balaban J connectivity index is 2.26. The lowest BCUT2D eigenvalue weighted by atomic mass is 10.1. The van der Waals surface area contributed by atoms with Crippen LogP contribution in [0.2, 0.25) is 0 Å². The fraction of sp³-hybridized carbons (Fsp3) is 0.214. The van der Waals surface area contributed by atoms with Crippen molar-refractivity contribution < 1.29 is 4.42 Å². The second-order valence-corrected chi connectivity index (χ2v) is 5.29. The van der Waals surface area contributed by atoms with E-state index in [0.29, 0.717) is 0 Å². The van der Waals surface area contributed by atoms with Crippen LogP contribution in [-0.4, -0.2) is 0 Å². The highest BCUT2D eigenvalue weighted by Crippen LogP contribution is 2.31. The van der Waals surface area contributed by atoms with Gasteiger partial charge in [0.05, 0.1) is 3.57 Å². The molecule has 0 aliphatic heterocycles. The van der Waals surface area contributed by atoms with Gasteiger partial charge >= 0.3 is 5.63 Å². The fourth-order valence-corrected chi connectivity index (χ4v) is 3.34. The smallest absolute Gasteiger partial charge is 0.339 e. The van der Waals surface area contributed by atoms with Gasteiger partial charge in [-0.1, -0.05) is 30.3 Å². The molecule has 1 aromatic heterocycles. The Labute approximate surface area is 113 Å². The zero-order valence-electron chi connectivity index (χ0n) is 9.20. The Morgan fingerprint density at radius 2 is 1.76 bits per heavy atom. The van der Waals surface area contributed by atoms with Gasteiger partial charge in [-0.3, -0.25) is 0 Å². The molecule has 86 valence electrons. The molecule has 3 heteroatoms. The van der Waals surface area contributed by atoms with E-state index < -0.39 is 0 Å². The normalized spacial score (nSPS) is 13.7. The molecular formula is C14H11IO2. The lowest BCUT2D eigenvalue weighted by Crippen LogP contribution is -2.09. The highest BCUT2D eigenvalue weighted by Gasteiger charge is 2.22. The van der Waals surface area contributed by atoms with E-state index in [0.717, 1.165) is 39.7 Å². The first-order chi connectivity index (χ1) is 8.27. The first kappa shape index (κ1) is 11.0. The number of hydrogen-bond donors (Lipinski definition) is 0. The quantitative estimate of drug-likeness (QED) is 0.746. The van der Waals surface area contributed by atoms with E-state index in [1.165, 1.54) is 5.56 Å². The highest BCUT2D eigenvalue weighted by molar-refractivity contribution is 14.1. The van der Waals surface area contributed by atoms with Crippen molar-refractivity contribution in [1.82, 2.24) is 0 Å². The first-order valence-corrected chi connectivity index (χ1v) is 6.75. The van der Waals surface area contributed by atoms with Crippen LogP contribution >= 0.6 is 22.6 Å². The molecule has 1 aromatic carbocycles. The number of hydrogen-bond acceptors (Lipinski definition) is 2. The molecule has 2 aromatic rings. The summed E-state index contributed by atoms with van der Waals surface area (Å²) in [6.07, 6.45) is 2.93. The van der Waals surface area contributed by atoms with Crippen molar-refractivity contribution in [2.75, 3.05) is 0 Å². The Hall–Kier alpha value is -1.10. The molecule has 3 rings (SSSR count). The molecule has 2 nitrogen and oxygen atoms in total. The molecule has 1 aliphatic rings. The van der Waals surface area contributed by atoms with Gasteiger partial charge in [-0.05, 0) is 47.4 Å². The maximum absolute atomic E-state index is 11.9. The lowest BCUT2D eigenvalue weighted by Gasteiger charge is -2.07. The van der Waals surface area contributed by atoms with Crippen molar-refractivity contribution in [1.29, 1.82) is 0 Å². The van der Waals surface area contributed by atoms with Gasteiger partial charge in [-0.15, -0.1) is 0 Å². The minimum absolute atomic E-state index is 0.156. The van der Waals surface area contributed by atoms with Crippen LogP contribution in [0.5, 0.6) is 0 Å². The van der Waals surface area contributed by atoms with Crippen molar-refractivity contribution in [2.24, 2.45) is 0 Å². The highest BCUT2D eigenvalue weighted by atomic mass is 127. The molecular weight excluding hydrogens is 327 g/mol. The average Bonchev–Trinajstić information content (AvgIpc) is 2.85. The van der Waals surface area contributed by atoms with Crippen molar-refractivity contribution >= 4 is 22.6 Å². The van der Waals surface area contributed by atoms with Crippen LogP contribution in [0.1, 0.15) is 17.5 Å². The predicted octanol–water partition coefficient (Wildman–Crippen LogP) is 3.40. The third kappa shape index (κ3) is 1.82. The zero-order valence-corrected chi connectivity index (χ0v) is 11.4. The fourth-order valence-electron chi connectivity index (χ4n) is 2.32.